The van der Waals surface area contributed by atoms with E-state index in [9.17, 15) is 17.6 Å². The van der Waals surface area contributed by atoms with Gasteiger partial charge in [0, 0.05) is 18.5 Å². The predicted molar refractivity (Wildman–Crippen MR) is 110 cm³/mol. The number of hydrogen-bond acceptors (Lipinski definition) is 4. The summed E-state index contributed by atoms with van der Waals surface area (Å²) in [5, 5.41) is 3.31. The lowest BCUT2D eigenvalue weighted by Gasteiger charge is -2.38. The van der Waals surface area contributed by atoms with E-state index in [0.29, 0.717) is 25.5 Å². The smallest absolute Gasteiger partial charge is 0.374 e. The van der Waals surface area contributed by atoms with Crippen LogP contribution < -0.4 is 10.2 Å². The van der Waals surface area contributed by atoms with Crippen molar-refractivity contribution in [2.45, 2.75) is 31.0 Å². The van der Waals surface area contributed by atoms with Crippen molar-refractivity contribution in [3.05, 3.63) is 71.2 Å². The van der Waals surface area contributed by atoms with E-state index in [-0.39, 0.29) is 23.5 Å². The zero-order valence-electron chi connectivity index (χ0n) is 17.1. The Balaban J connectivity index is 1.52. The van der Waals surface area contributed by atoms with E-state index in [0.717, 1.165) is 43.6 Å². The molecular weight excluding hydrogens is 410 g/mol. The number of rotatable bonds is 6. The second kappa shape index (κ2) is 8.96. The van der Waals surface area contributed by atoms with E-state index in [4.69, 9.17) is 4.74 Å². The molecule has 1 aromatic heterocycles. The Morgan fingerprint density at radius 2 is 1.71 bits per heavy atom. The lowest BCUT2D eigenvalue weighted by atomic mass is 9.74. The van der Waals surface area contributed by atoms with Crippen molar-refractivity contribution in [1.29, 1.82) is 0 Å². The summed E-state index contributed by atoms with van der Waals surface area (Å²) in [6.45, 7) is 2.99. The minimum Gasteiger partial charge on any atom is -0.374 e. The fraction of sp³-hybridized carbons (Fsp3) is 0.435. The van der Waals surface area contributed by atoms with Crippen LogP contribution in [0.4, 0.5) is 23.4 Å². The van der Waals surface area contributed by atoms with Gasteiger partial charge in [0.05, 0.1) is 24.5 Å². The van der Waals surface area contributed by atoms with Crippen LogP contribution in [0.1, 0.15) is 29.7 Å². The molecule has 31 heavy (non-hydrogen) atoms. The van der Waals surface area contributed by atoms with Crippen molar-refractivity contribution < 1.29 is 22.3 Å². The molecule has 0 atom stereocenters. The van der Waals surface area contributed by atoms with E-state index in [1.54, 1.807) is 17.0 Å². The molecule has 0 saturated carbocycles. The van der Waals surface area contributed by atoms with Gasteiger partial charge in [-0.15, -0.1) is 0 Å². The third-order valence-electron chi connectivity index (χ3n) is 5.98. The third kappa shape index (κ3) is 5.07. The van der Waals surface area contributed by atoms with Crippen LogP contribution in [0.5, 0.6) is 0 Å². The number of anilines is 1. The Hall–Kier alpha value is -2.45. The molecule has 3 heterocycles. The number of piperidine rings is 1. The first-order valence-corrected chi connectivity index (χ1v) is 10.4. The van der Waals surface area contributed by atoms with Crippen LogP contribution in [0.25, 0.3) is 0 Å². The van der Waals surface area contributed by atoms with E-state index in [2.05, 4.69) is 10.3 Å². The van der Waals surface area contributed by atoms with Gasteiger partial charge in [-0.3, -0.25) is 0 Å². The average Bonchev–Trinajstić information content (AvgIpc) is 3.29. The highest BCUT2D eigenvalue weighted by Gasteiger charge is 2.35. The number of benzene rings is 1. The lowest BCUT2D eigenvalue weighted by Crippen LogP contribution is -2.43. The molecule has 2 aromatic rings. The maximum atomic E-state index is 13.4. The first kappa shape index (κ1) is 21.8. The Morgan fingerprint density at radius 1 is 1.03 bits per heavy atom. The van der Waals surface area contributed by atoms with Crippen molar-refractivity contribution in [1.82, 2.24) is 10.3 Å². The predicted octanol–water partition coefficient (Wildman–Crippen LogP) is 4.45. The number of nitrogens with one attached hydrogen (secondary N) is 1. The van der Waals surface area contributed by atoms with Gasteiger partial charge >= 0.3 is 6.18 Å². The van der Waals surface area contributed by atoms with Gasteiger partial charge in [-0.2, -0.15) is 13.2 Å². The summed E-state index contributed by atoms with van der Waals surface area (Å²) in [6.07, 6.45) is 0.964. The molecule has 1 fully saturated rings. The molecule has 0 bridgehead atoms. The van der Waals surface area contributed by atoms with Crippen LogP contribution in [0, 0.1) is 5.82 Å². The van der Waals surface area contributed by atoms with Crippen LogP contribution in [-0.4, -0.2) is 37.8 Å². The van der Waals surface area contributed by atoms with Gasteiger partial charge < -0.3 is 15.0 Å². The first-order valence-electron chi connectivity index (χ1n) is 10.4. The van der Waals surface area contributed by atoms with Crippen LogP contribution in [0.15, 0.2) is 48.6 Å². The highest BCUT2D eigenvalue weighted by Crippen LogP contribution is 2.35. The molecule has 0 radical (unpaired) electrons. The average molecular weight is 435 g/mol. The quantitative estimate of drug-likeness (QED) is 0.537. The minimum atomic E-state index is -4.45. The number of nitrogens with zero attached hydrogens (tertiary/aromatic N) is 2. The summed E-state index contributed by atoms with van der Waals surface area (Å²) < 4.78 is 59.6. The Morgan fingerprint density at radius 3 is 2.35 bits per heavy atom. The molecule has 166 valence electrons. The van der Waals surface area contributed by atoms with Gasteiger partial charge in [-0.25, -0.2) is 9.37 Å². The van der Waals surface area contributed by atoms with Crippen LogP contribution in [0.3, 0.4) is 0 Å². The van der Waals surface area contributed by atoms with Gasteiger partial charge in [0.1, 0.15) is 11.6 Å². The number of alkyl halides is 3. The van der Waals surface area contributed by atoms with Crippen molar-refractivity contribution in [3.63, 3.8) is 0 Å². The Labute approximate surface area is 178 Å². The normalized spacial score (nSPS) is 18.5. The monoisotopic (exact) mass is 435 g/mol. The summed E-state index contributed by atoms with van der Waals surface area (Å²) in [6, 6.07) is 8.55. The number of pyridine rings is 1. The van der Waals surface area contributed by atoms with Crippen molar-refractivity contribution in [2.75, 3.05) is 37.7 Å². The SMILES string of the molecule is Fc1ccc(C2(COCc3cc(C(F)(F)F)cc(N4CC=CC4)n3)CCNCC2)cc1. The molecule has 4 nitrogen and oxygen atoms in total. The van der Waals surface area contributed by atoms with Gasteiger partial charge in [0.15, 0.2) is 0 Å². The maximum Gasteiger partial charge on any atom is 0.416 e. The fourth-order valence-corrected chi connectivity index (χ4v) is 4.21. The third-order valence-corrected chi connectivity index (χ3v) is 5.98. The molecule has 1 saturated heterocycles. The number of aromatic nitrogens is 1. The zero-order chi connectivity index (χ0) is 21.9. The van der Waals surface area contributed by atoms with E-state index >= 15 is 0 Å². The van der Waals surface area contributed by atoms with E-state index in [1.165, 1.54) is 12.1 Å². The molecule has 0 aliphatic carbocycles. The molecular formula is C23H25F4N3O. The summed E-state index contributed by atoms with van der Waals surface area (Å²) in [4.78, 5) is 6.20. The number of hydrogen-bond donors (Lipinski definition) is 1. The second-order valence-corrected chi connectivity index (χ2v) is 8.11. The maximum absolute atomic E-state index is 13.4. The topological polar surface area (TPSA) is 37.4 Å². The van der Waals surface area contributed by atoms with E-state index < -0.39 is 11.7 Å². The fourth-order valence-electron chi connectivity index (χ4n) is 4.21. The van der Waals surface area contributed by atoms with Gasteiger partial charge in [0.2, 0.25) is 0 Å². The second-order valence-electron chi connectivity index (χ2n) is 8.11. The Bertz CT molecular complexity index is 913. The lowest BCUT2D eigenvalue weighted by molar-refractivity contribution is -0.137. The van der Waals surface area contributed by atoms with Crippen molar-refractivity contribution >= 4 is 5.82 Å². The standard InChI is InChI=1S/C23H25F4N3O/c24-19-5-3-17(4-6-19)22(7-9-28-10-8-22)16-31-15-20-13-18(23(25,26)27)14-21(29-20)30-11-1-2-12-30/h1-6,13-14,28H,7-12,15-16H2. The summed E-state index contributed by atoms with van der Waals surface area (Å²) in [7, 11) is 0. The molecule has 1 N–H and O–H groups in total. The number of halogens is 4. The van der Waals surface area contributed by atoms with E-state index in [1.807, 2.05) is 12.2 Å². The molecule has 4 rings (SSSR count). The molecule has 2 aliphatic heterocycles. The number of ether oxygens (including phenoxy) is 1. The first-order chi connectivity index (χ1) is 14.9. The minimum absolute atomic E-state index is 0.0193. The van der Waals surface area contributed by atoms with Crippen LogP contribution >= 0.6 is 0 Å². The molecule has 2 aliphatic rings. The van der Waals surface area contributed by atoms with Crippen LogP contribution in [-0.2, 0) is 22.9 Å². The molecule has 0 spiro atoms. The molecule has 0 unspecified atom stereocenters. The summed E-state index contributed by atoms with van der Waals surface area (Å²) in [5.41, 5.74) is 0.205. The molecule has 0 amide bonds. The zero-order valence-corrected chi connectivity index (χ0v) is 17.1. The highest BCUT2D eigenvalue weighted by atomic mass is 19.4. The van der Waals surface area contributed by atoms with Gasteiger partial charge in [-0.05, 0) is 55.8 Å². The molecule has 1 aromatic carbocycles. The van der Waals surface area contributed by atoms with Crippen molar-refractivity contribution in [3.8, 4) is 0 Å². The van der Waals surface area contributed by atoms with Crippen LogP contribution in [0.2, 0.25) is 0 Å². The summed E-state index contributed by atoms with van der Waals surface area (Å²) >= 11 is 0. The van der Waals surface area contributed by atoms with Crippen molar-refractivity contribution in [2.24, 2.45) is 0 Å². The molecule has 8 heteroatoms. The van der Waals surface area contributed by atoms with Gasteiger partial charge in [-0.1, -0.05) is 24.3 Å². The Kier molecular flexibility index (Phi) is 6.29. The highest BCUT2D eigenvalue weighted by molar-refractivity contribution is 5.46. The largest absolute Gasteiger partial charge is 0.416 e. The van der Waals surface area contributed by atoms with Gasteiger partial charge in [0.25, 0.3) is 0 Å². The summed E-state index contributed by atoms with van der Waals surface area (Å²) in [5.74, 6) is -0.000565.